The first-order valence-corrected chi connectivity index (χ1v) is 13.3. The lowest BCUT2D eigenvalue weighted by molar-refractivity contribution is -0.384. The zero-order valence-corrected chi connectivity index (χ0v) is 22.6. The minimum Gasteiger partial charge on any atom is -0.447 e. The van der Waals surface area contributed by atoms with Crippen LogP contribution in [0.3, 0.4) is 0 Å². The van der Waals surface area contributed by atoms with E-state index in [4.69, 9.17) is 16.3 Å². The molecule has 1 heterocycles. The number of nitrogens with two attached hydrogens (primary N) is 1. The van der Waals surface area contributed by atoms with Gasteiger partial charge < -0.3 is 15.2 Å². The van der Waals surface area contributed by atoms with Crippen molar-refractivity contribution in [2.75, 3.05) is 5.32 Å². The van der Waals surface area contributed by atoms with Crippen molar-refractivity contribution in [1.29, 1.82) is 0 Å². The van der Waals surface area contributed by atoms with E-state index in [0.29, 0.717) is 16.6 Å². The number of benzene rings is 2. The first kappa shape index (κ1) is 28.9. The number of halogens is 1. The van der Waals surface area contributed by atoms with Gasteiger partial charge in [0, 0.05) is 35.5 Å². The van der Waals surface area contributed by atoms with Crippen LogP contribution in [0, 0.1) is 10.1 Å². The molecule has 12 heteroatoms. The van der Waals surface area contributed by atoms with Crippen LogP contribution in [0.5, 0.6) is 5.75 Å². The number of non-ortho nitro benzene ring substituents is 1. The summed E-state index contributed by atoms with van der Waals surface area (Å²) in [6.07, 6.45) is 6.56. The molecule has 1 aliphatic rings. The molecule has 0 atom stereocenters. The Hall–Kier alpha value is -3.70. The second kappa shape index (κ2) is 13.7. The van der Waals surface area contributed by atoms with Crippen LogP contribution < -0.4 is 15.8 Å². The Morgan fingerprint density at radius 2 is 1.84 bits per heavy atom. The van der Waals surface area contributed by atoms with Gasteiger partial charge >= 0.3 is 12.2 Å². The highest BCUT2D eigenvalue weighted by atomic mass is 35.5. The van der Waals surface area contributed by atoms with Crippen molar-refractivity contribution in [3.63, 3.8) is 0 Å². The number of carbonyl (C=O) groups excluding carboxylic acids is 2. The molecule has 1 fully saturated rings. The van der Waals surface area contributed by atoms with Gasteiger partial charge in [-0.1, -0.05) is 30.9 Å². The number of amides is 2. The average Bonchev–Trinajstić information content (AvgIpc) is 3.34. The average molecular weight is 561 g/mol. The molecular weight excluding hydrogens is 532 g/mol. The second-order valence-electron chi connectivity index (χ2n) is 8.84. The van der Waals surface area contributed by atoms with Crippen molar-refractivity contribution in [2.24, 2.45) is 5.73 Å². The highest BCUT2D eigenvalue weighted by molar-refractivity contribution is 7.15. The first-order valence-electron chi connectivity index (χ1n) is 12.1. The van der Waals surface area contributed by atoms with Crippen LogP contribution >= 0.6 is 22.9 Å². The summed E-state index contributed by atoms with van der Waals surface area (Å²) < 4.78 is 9.54. The highest BCUT2D eigenvalue weighted by Crippen LogP contribution is 2.39. The first-order chi connectivity index (χ1) is 18.1. The molecule has 0 saturated heterocycles. The fourth-order valence-electron chi connectivity index (χ4n) is 3.86. The maximum atomic E-state index is 12.1. The van der Waals surface area contributed by atoms with E-state index in [-0.39, 0.29) is 17.5 Å². The van der Waals surface area contributed by atoms with Crippen LogP contribution in [-0.4, -0.2) is 28.2 Å². The van der Waals surface area contributed by atoms with E-state index in [0.717, 1.165) is 10.4 Å². The summed E-state index contributed by atoms with van der Waals surface area (Å²) in [6.45, 7) is 3.48. The van der Waals surface area contributed by atoms with E-state index >= 15 is 0 Å². The third-order valence-electron chi connectivity index (χ3n) is 5.57. The van der Waals surface area contributed by atoms with Gasteiger partial charge in [0.25, 0.3) is 5.69 Å². The number of hydrogen-bond acceptors (Lipinski definition) is 8. The van der Waals surface area contributed by atoms with Crippen LogP contribution in [0.1, 0.15) is 56.9 Å². The molecule has 2 amide bonds. The van der Waals surface area contributed by atoms with E-state index in [1.807, 2.05) is 12.3 Å². The third-order valence-corrected chi connectivity index (χ3v) is 7.07. The summed E-state index contributed by atoms with van der Waals surface area (Å²) in [5.74, 6) is 0.743. The Balaban J connectivity index is 0.000000505. The maximum Gasteiger partial charge on any atom is 0.417 e. The number of nitrogens with one attached hydrogen (secondary N) is 1. The Morgan fingerprint density at radius 1 is 1.16 bits per heavy atom. The zero-order chi connectivity index (χ0) is 27.7. The quantitative estimate of drug-likeness (QED) is 0.234. The number of ether oxygens (including phenoxy) is 2. The number of rotatable bonds is 6. The standard InChI is InChI=1S/C22H20ClN3O4S.C4H9NO2/c23-19-12-15(25-22(27)30-17-9-7-16(8-10-17)26(28)29)6-11-18(19)20-13-24-21(31-20)14-4-2-1-3-5-14;1-3(2)7-4(5)6/h6-14H,1-5H2,(H,25,27);3H,1-2H3,(H2,5,6). The number of carbonyl (C=O) groups is 2. The number of anilines is 1. The van der Waals surface area contributed by atoms with E-state index in [1.165, 1.54) is 61.4 Å². The monoisotopic (exact) mass is 560 g/mol. The summed E-state index contributed by atoms with van der Waals surface area (Å²) in [4.78, 5) is 37.7. The normalized spacial score (nSPS) is 13.3. The fourth-order valence-corrected chi connectivity index (χ4v) is 5.33. The summed E-state index contributed by atoms with van der Waals surface area (Å²) in [5, 5.41) is 15.0. The van der Waals surface area contributed by atoms with Gasteiger partial charge in [0.2, 0.25) is 0 Å². The third kappa shape index (κ3) is 8.70. The number of thiazole rings is 1. The second-order valence-corrected chi connectivity index (χ2v) is 10.3. The van der Waals surface area contributed by atoms with Gasteiger partial charge in [0.05, 0.1) is 25.9 Å². The van der Waals surface area contributed by atoms with Gasteiger partial charge in [-0.2, -0.15) is 0 Å². The zero-order valence-electron chi connectivity index (χ0n) is 21.0. The van der Waals surface area contributed by atoms with E-state index in [2.05, 4.69) is 20.8 Å². The lowest BCUT2D eigenvalue weighted by Crippen LogP contribution is -2.17. The fraction of sp³-hybridized carbons (Fsp3) is 0.346. The minimum absolute atomic E-state index is 0.0789. The number of hydrogen-bond donors (Lipinski definition) is 2. The molecule has 3 N–H and O–H groups in total. The molecule has 0 spiro atoms. The van der Waals surface area contributed by atoms with Crippen LogP contribution in [0.2, 0.25) is 5.02 Å². The van der Waals surface area contributed by atoms with Crippen molar-refractivity contribution in [3.8, 4) is 16.2 Å². The maximum absolute atomic E-state index is 12.1. The van der Waals surface area contributed by atoms with Gasteiger partial charge in [0.15, 0.2) is 0 Å². The predicted molar refractivity (Wildman–Crippen MR) is 147 cm³/mol. The van der Waals surface area contributed by atoms with E-state index in [1.54, 1.807) is 37.3 Å². The van der Waals surface area contributed by atoms with Gasteiger partial charge in [-0.25, -0.2) is 14.6 Å². The molecule has 1 aliphatic carbocycles. The van der Waals surface area contributed by atoms with E-state index < -0.39 is 17.1 Å². The van der Waals surface area contributed by atoms with E-state index in [9.17, 15) is 19.7 Å². The molecule has 1 saturated carbocycles. The van der Waals surface area contributed by atoms with Gasteiger partial charge in [-0.05, 0) is 57.0 Å². The number of primary amides is 1. The minimum atomic E-state index is -0.713. The molecule has 2 aromatic carbocycles. The molecular formula is C26H29ClN4O6S. The van der Waals surface area contributed by atoms with Crippen LogP contribution in [-0.2, 0) is 4.74 Å². The summed E-state index contributed by atoms with van der Waals surface area (Å²) in [6, 6.07) is 10.5. The smallest absolute Gasteiger partial charge is 0.417 e. The Morgan fingerprint density at radius 3 is 2.39 bits per heavy atom. The van der Waals surface area contributed by atoms with Crippen molar-refractivity contribution in [3.05, 3.63) is 68.8 Å². The Bertz CT molecular complexity index is 1260. The molecule has 0 unspecified atom stereocenters. The molecule has 202 valence electrons. The lowest BCUT2D eigenvalue weighted by atomic mass is 9.90. The Labute approximate surface area is 229 Å². The molecule has 38 heavy (non-hydrogen) atoms. The topological polar surface area (TPSA) is 147 Å². The SMILES string of the molecule is CC(C)OC(N)=O.O=C(Nc1ccc(-c2cnc(C3CCCCC3)s2)c(Cl)c1)Oc1ccc([N+](=O)[O-])cc1. The van der Waals surface area contributed by atoms with Gasteiger partial charge in [0.1, 0.15) is 5.75 Å². The molecule has 0 bridgehead atoms. The largest absolute Gasteiger partial charge is 0.447 e. The van der Waals surface area contributed by atoms with Crippen molar-refractivity contribution < 1.29 is 24.0 Å². The number of nitro groups is 1. The molecule has 10 nitrogen and oxygen atoms in total. The van der Waals surface area contributed by atoms with Crippen molar-refractivity contribution >= 4 is 46.5 Å². The molecule has 1 aromatic heterocycles. The number of aromatic nitrogens is 1. The summed E-state index contributed by atoms with van der Waals surface area (Å²) in [7, 11) is 0. The number of nitro benzene ring substituents is 1. The summed E-state index contributed by atoms with van der Waals surface area (Å²) >= 11 is 8.15. The van der Waals surface area contributed by atoms with Crippen LogP contribution in [0.15, 0.2) is 48.7 Å². The lowest BCUT2D eigenvalue weighted by Gasteiger charge is -2.18. The molecule has 4 rings (SSSR count). The van der Waals surface area contributed by atoms with Gasteiger partial charge in [-0.15, -0.1) is 11.3 Å². The predicted octanol–water partition coefficient (Wildman–Crippen LogP) is 7.52. The highest BCUT2D eigenvalue weighted by Gasteiger charge is 2.20. The molecule has 0 aliphatic heterocycles. The molecule has 3 aromatic rings. The number of nitrogens with zero attached hydrogens (tertiary/aromatic N) is 2. The van der Waals surface area contributed by atoms with Crippen molar-refractivity contribution in [2.45, 2.75) is 58.0 Å². The molecule has 0 radical (unpaired) electrons. The Kier molecular flexibility index (Phi) is 10.4. The van der Waals surface area contributed by atoms with Crippen LogP contribution in [0.25, 0.3) is 10.4 Å². The van der Waals surface area contributed by atoms with Crippen molar-refractivity contribution in [1.82, 2.24) is 4.98 Å². The summed E-state index contributed by atoms with van der Waals surface area (Å²) in [5.41, 5.74) is 5.91. The van der Waals surface area contributed by atoms with Crippen LogP contribution in [0.4, 0.5) is 21.0 Å². The van der Waals surface area contributed by atoms with Gasteiger partial charge in [-0.3, -0.25) is 15.4 Å².